The van der Waals surface area contributed by atoms with Crippen LogP contribution in [0.25, 0.3) is 0 Å². The molecule has 0 spiro atoms. The van der Waals surface area contributed by atoms with Crippen molar-refractivity contribution < 1.29 is 10.0 Å². The maximum absolute atomic E-state index is 11.2. The van der Waals surface area contributed by atoms with E-state index in [2.05, 4.69) is 11.9 Å². The second kappa shape index (κ2) is 4.85. The quantitative estimate of drug-likeness (QED) is 0.613. The number of urea groups is 1. The van der Waals surface area contributed by atoms with Gasteiger partial charge in [0.15, 0.2) is 0 Å². The standard InChI is InChI=1S/C16H27N3O2/c1-18(7-13-8-19(9-13)15(20)17-21)10-16-5-11-2-12(6-16)4-14(16)3-11/h11-14,21H,2-10H2,1H3,(H,17,20). The van der Waals surface area contributed by atoms with Gasteiger partial charge in [-0.25, -0.2) is 10.3 Å². The van der Waals surface area contributed by atoms with Crippen LogP contribution in [-0.2, 0) is 0 Å². The summed E-state index contributed by atoms with van der Waals surface area (Å²) in [5, 5.41) is 8.61. The average Bonchev–Trinajstić information content (AvgIpc) is 2.76. The van der Waals surface area contributed by atoms with Gasteiger partial charge in [-0.05, 0) is 62.3 Å². The van der Waals surface area contributed by atoms with E-state index in [4.69, 9.17) is 5.21 Å². The largest absolute Gasteiger partial charge is 0.341 e. The molecule has 5 nitrogen and oxygen atoms in total. The number of nitrogens with zero attached hydrogens (tertiary/aromatic N) is 2. The van der Waals surface area contributed by atoms with E-state index in [0.717, 1.165) is 37.4 Å². The third-order valence-corrected chi connectivity index (χ3v) is 6.65. The normalized spacial score (nSPS) is 40.9. The molecule has 0 aromatic rings. The van der Waals surface area contributed by atoms with Crippen LogP contribution in [0.15, 0.2) is 0 Å². The molecule has 5 heteroatoms. The summed E-state index contributed by atoms with van der Waals surface area (Å²) in [6.07, 6.45) is 7.46. The van der Waals surface area contributed by atoms with Gasteiger partial charge in [-0.3, -0.25) is 5.21 Å². The molecule has 4 saturated carbocycles. The van der Waals surface area contributed by atoms with Gasteiger partial charge in [0.05, 0.1) is 0 Å². The number of rotatable bonds is 4. The van der Waals surface area contributed by atoms with Crippen molar-refractivity contribution in [1.29, 1.82) is 0 Å². The first-order valence-electron chi connectivity index (χ1n) is 8.45. The van der Waals surface area contributed by atoms with E-state index >= 15 is 0 Å². The summed E-state index contributed by atoms with van der Waals surface area (Å²) in [5.41, 5.74) is 2.35. The number of amides is 2. The minimum atomic E-state index is -0.362. The summed E-state index contributed by atoms with van der Waals surface area (Å²) in [5.74, 6) is 3.63. The molecule has 0 radical (unpaired) electrons. The summed E-state index contributed by atoms with van der Waals surface area (Å²) in [7, 11) is 2.25. The minimum absolute atomic E-state index is 0.362. The van der Waals surface area contributed by atoms with E-state index in [9.17, 15) is 4.79 Å². The molecule has 5 aliphatic rings. The van der Waals surface area contributed by atoms with Crippen molar-refractivity contribution in [1.82, 2.24) is 15.3 Å². The molecule has 4 aliphatic carbocycles. The first-order chi connectivity index (χ1) is 10.1. The van der Waals surface area contributed by atoms with E-state index in [1.54, 1.807) is 10.4 Å². The SMILES string of the molecule is CN(CC1CN(C(=O)NO)C1)CC12CC3CC(CC1C3)C2. The van der Waals surface area contributed by atoms with Crippen molar-refractivity contribution in [2.75, 3.05) is 33.2 Å². The molecule has 1 aliphatic heterocycles. The maximum Gasteiger partial charge on any atom is 0.341 e. The molecule has 21 heavy (non-hydrogen) atoms. The van der Waals surface area contributed by atoms with E-state index < -0.39 is 0 Å². The minimum Gasteiger partial charge on any atom is -0.322 e. The lowest BCUT2D eigenvalue weighted by Crippen LogP contribution is -2.56. The van der Waals surface area contributed by atoms with Crippen LogP contribution in [0.2, 0.25) is 0 Å². The Labute approximate surface area is 126 Å². The lowest BCUT2D eigenvalue weighted by molar-refractivity contribution is 0.0539. The topological polar surface area (TPSA) is 55.8 Å². The van der Waals surface area contributed by atoms with Gasteiger partial charge in [-0.2, -0.15) is 0 Å². The monoisotopic (exact) mass is 293 g/mol. The predicted molar refractivity (Wildman–Crippen MR) is 78.9 cm³/mol. The van der Waals surface area contributed by atoms with Crippen molar-refractivity contribution in [3.8, 4) is 0 Å². The molecule has 5 rings (SSSR count). The Morgan fingerprint density at radius 3 is 2.57 bits per heavy atom. The first kappa shape index (κ1) is 13.8. The molecule has 2 unspecified atom stereocenters. The highest BCUT2D eigenvalue weighted by Crippen LogP contribution is 2.65. The third kappa shape index (κ3) is 2.25. The number of likely N-dealkylation sites (tertiary alicyclic amines) is 1. The summed E-state index contributed by atoms with van der Waals surface area (Å²) in [4.78, 5) is 15.4. The number of nitrogens with one attached hydrogen (secondary N) is 1. The Balaban J connectivity index is 1.28. The van der Waals surface area contributed by atoms with Crippen molar-refractivity contribution in [3.63, 3.8) is 0 Å². The van der Waals surface area contributed by atoms with Crippen LogP contribution in [-0.4, -0.2) is 54.3 Å². The first-order valence-corrected chi connectivity index (χ1v) is 8.45. The highest BCUT2D eigenvalue weighted by atomic mass is 16.5. The second-order valence-corrected chi connectivity index (χ2v) is 8.29. The number of carbonyl (C=O) groups excluding carboxylic acids is 1. The van der Waals surface area contributed by atoms with Gasteiger partial charge in [0, 0.05) is 32.1 Å². The maximum atomic E-state index is 11.2. The van der Waals surface area contributed by atoms with E-state index in [0.29, 0.717) is 11.3 Å². The van der Waals surface area contributed by atoms with Crippen LogP contribution < -0.4 is 5.48 Å². The summed E-state index contributed by atoms with van der Waals surface area (Å²) < 4.78 is 0. The van der Waals surface area contributed by atoms with Gasteiger partial charge < -0.3 is 9.80 Å². The van der Waals surface area contributed by atoms with Crippen LogP contribution in [0.4, 0.5) is 4.79 Å². The molecule has 2 amide bonds. The predicted octanol–water partition coefficient (Wildman–Crippen LogP) is 1.78. The van der Waals surface area contributed by atoms with Crippen LogP contribution in [0.5, 0.6) is 0 Å². The fourth-order valence-corrected chi connectivity index (χ4v) is 6.19. The zero-order chi connectivity index (χ0) is 14.6. The second-order valence-electron chi connectivity index (χ2n) is 8.29. The molecule has 2 N–H and O–H groups in total. The van der Waals surface area contributed by atoms with Crippen LogP contribution in [0, 0.1) is 29.1 Å². The lowest BCUT2D eigenvalue weighted by atomic mass is 9.75. The number of hydrogen-bond acceptors (Lipinski definition) is 3. The highest BCUT2D eigenvalue weighted by molar-refractivity contribution is 5.73. The van der Waals surface area contributed by atoms with Crippen molar-refractivity contribution >= 4 is 6.03 Å². The number of carbonyl (C=O) groups is 1. The molecular formula is C16H27N3O2. The van der Waals surface area contributed by atoms with Gasteiger partial charge in [0.1, 0.15) is 0 Å². The van der Waals surface area contributed by atoms with E-state index in [-0.39, 0.29) is 6.03 Å². The molecule has 0 aromatic heterocycles. The van der Waals surface area contributed by atoms with Crippen molar-refractivity contribution in [3.05, 3.63) is 0 Å². The van der Waals surface area contributed by atoms with Crippen LogP contribution in [0.1, 0.15) is 32.1 Å². The van der Waals surface area contributed by atoms with Crippen molar-refractivity contribution in [2.24, 2.45) is 29.1 Å². The zero-order valence-electron chi connectivity index (χ0n) is 12.9. The lowest BCUT2D eigenvalue weighted by Gasteiger charge is -2.42. The van der Waals surface area contributed by atoms with Crippen molar-refractivity contribution in [2.45, 2.75) is 32.1 Å². The highest BCUT2D eigenvalue weighted by Gasteiger charge is 2.57. The summed E-state index contributed by atoms with van der Waals surface area (Å²) >= 11 is 0. The Hall–Kier alpha value is -0.810. The van der Waals surface area contributed by atoms with Gasteiger partial charge in [-0.15, -0.1) is 0 Å². The molecule has 118 valence electrons. The molecule has 5 fully saturated rings. The Kier molecular flexibility index (Phi) is 3.19. The fourth-order valence-electron chi connectivity index (χ4n) is 6.19. The number of hydrogen-bond donors (Lipinski definition) is 2. The smallest absolute Gasteiger partial charge is 0.322 e. The van der Waals surface area contributed by atoms with Crippen LogP contribution >= 0.6 is 0 Å². The zero-order valence-corrected chi connectivity index (χ0v) is 12.9. The molecule has 1 saturated heterocycles. The summed E-state index contributed by atoms with van der Waals surface area (Å²) in [6, 6.07) is -0.362. The summed E-state index contributed by atoms with van der Waals surface area (Å²) in [6.45, 7) is 3.89. The molecule has 1 heterocycles. The van der Waals surface area contributed by atoms with Crippen LogP contribution in [0.3, 0.4) is 0 Å². The van der Waals surface area contributed by atoms with Gasteiger partial charge in [-0.1, -0.05) is 0 Å². The Morgan fingerprint density at radius 2 is 1.95 bits per heavy atom. The average molecular weight is 293 g/mol. The van der Waals surface area contributed by atoms with E-state index in [1.807, 2.05) is 0 Å². The Morgan fingerprint density at radius 1 is 1.29 bits per heavy atom. The molecular weight excluding hydrogens is 266 g/mol. The fraction of sp³-hybridized carbons (Fsp3) is 0.938. The van der Waals surface area contributed by atoms with E-state index in [1.165, 1.54) is 38.6 Å². The van der Waals surface area contributed by atoms with Gasteiger partial charge >= 0.3 is 6.03 Å². The molecule has 2 atom stereocenters. The molecule has 4 bridgehead atoms. The Bertz CT molecular complexity index is 421. The number of hydroxylamine groups is 1. The van der Waals surface area contributed by atoms with Gasteiger partial charge in [0.2, 0.25) is 0 Å². The molecule has 0 aromatic carbocycles. The third-order valence-electron chi connectivity index (χ3n) is 6.65. The van der Waals surface area contributed by atoms with Gasteiger partial charge in [0.25, 0.3) is 0 Å².